The van der Waals surface area contributed by atoms with Gasteiger partial charge in [-0.2, -0.15) is 0 Å². The number of anilines is 1. The maximum Gasteiger partial charge on any atom is 0.310 e. The number of cyclic esters (lactones) is 1. The molecule has 1 aliphatic heterocycles. The lowest BCUT2D eigenvalue weighted by atomic mass is 10.0. The molecule has 2 unspecified atom stereocenters. The van der Waals surface area contributed by atoms with Crippen LogP contribution < -0.4 is 16.6 Å². The molecule has 0 spiro atoms. The van der Waals surface area contributed by atoms with Crippen LogP contribution in [-0.4, -0.2) is 34.6 Å². The Hall–Kier alpha value is -5.02. The Morgan fingerprint density at radius 3 is 2.14 bits per heavy atom. The summed E-state index contributed by atoms with van der Waals surface area (Å²) < 4.78 is 12.4. The van der Waals surface area contributed by atoms with Crippen LogP contribution in [0.2, 0.25) is 0 Å². The topological polar surface area (TPSA) is 130 Å². The number of carbonyl (C=O) groups excluding carboxylic acids is 3. The van der Waals surface area contributed by atoms with Crippen molar-refractivity contribution in [1.29, 1.82) is 0 Å². The van der Waals surface area contributed by atoms with Gasteiger partial charge in [-0.1, -0.05) is 91.0 Å². The molecule has 1 aliphatic rings. The van der Waals surface area contributed by atoms with Gasteiger partial charge in [-0.3, -0.25) is 19.2 Å². The van der Waals surface area contributed by atoms with E-state index in [2.05, 4.69) is 5.32 Å². The van der Waals surface area contributed by atoms with Crippen LogP contribution in [0.4, 0.5) is 5.69 Å². The van der Waals surface area contributed by atoms with Gasteiger partial charge >= 0.3 is 5.97 Å². The van der Waals surface area contributed by atoms with Crippen molar-refractivity contribution < 1.29 is 23.9 Å². The SMILES string of the molecule is Nc1cc(Cc2ccccc2)n(CC(=O)NC2CC(=O)OC2OCc2ccccc2)c(=O)c1C(=O)CCc1ccccc1. The van der Waals surface area contributed by atoms with E-state index < -0.39 is 35.6 Å². The van der Waals surface area contributed by atoms with Crippen molar-refractivity contribution >= 4 is 23.3 Å². The third-order valence-electron chi connectivity index (χ3n) is 7.27. The molecule has 9 heteroatoms. The number of rotatable bonds is 12. The lowest BCUT2D eigenvalue weighted by molar-refractivity contribution is -0.168. The van der Waals surface area contributed by atoms with E-state index in [-0.39, 0.29) is 37.2 Å². The van der Waals surface area contributed by atoms with Crippen molar-refractivity contribution in [3.63, 3.8) is 0 Å². The number of pyridine rings is 1. The molecule has 5 rings (SSSR count). The molecule has 43 heavy (non-hydrogen) atoms. The first-order valence-electron chi connectivity index (χ1n) is 14.1. The highest BCUT2D eigenvalue weighted by Crippen LogP contribution is 2.20. The van der Waals surface area contributed by atoms with E-state index in [0.717, 1.165) is 16.7 Å². The van der Waals surface area contributed by atoms with E-state index >= 15 is 0 Å². The number of nitrogens with two attached hydrogens (primary N) is 1. The number of Topliss-reactive ketones (excluding diaryl/α,β-unsaturated/α-hetero) is 1. The lowest BCUT2D eigenvalue weighted by Crippen LogP contribution is -2.44. The molecule has 0 radical (unpaired) electrons. The van der Waals surface area contributed by atoms with Crippen molar-refractivity contribution in [3.8, 4) is 0 Å². The summed E-state index contributed by atoms with van der Waals surface area (Å²) in [6.45, 7) is -0.186. The number of esters is 1. The van der Waals surface area contributed by atoms with Crippen molar-refractivity contribution in [2.45, 2.75) is 51.2 Å². The number of nitrogens with zero attached hydrogens (tertiary/aromatic N) is 1. The Morgan fingerprint density at radius 1 is 0.884 bits per heavy atom. The first-order valence-corrected chi connectivity index (χ1v) is 14.1. The number of aryl methyl sites for hydroxylation is 1. The molecule has 0 aliphatic carbocycles. The molecule has 220 valence electrons. The van der Waals surface area contributed by atoms with E-state index in [1.807, 2.05) is 91.0 Å². The van der Waals surface area contributed by atoms with E-state index in [9.17, 15) is 19.2 Å². The van der Waals surface area contributed by atoms with Gasteiger partial charge < -0.3 is 25.1 Å². The number of carbonyl (C=O) groups is 3. The van der Waals surface area contributed by atoms with Crippen LogP contribution in [-0.2, 0) is 45.1 Å². The van der Waals surface area contributed by atoms with Crippen LogP contribution in [0.25, 0.3) is 0 Å². The summed E-state index contributed by atoms with van der Waals surface area (Å²) >= 11 is 0. The van der Waals surface area contributed by atoms with Gasteiger partial charge in [0, 0.05) is 24.2 Å². The number of hydrogen-bond donors (Lipinski definition) is 2. The van der Waals surface area contributed by atoms with Crippen molar-refractivity contribution in [1.82, 2.24) is 9.88 Å². The Balaban J connectivity index is 1.36. The fraction of sp³-hybridized carbons (Fsp3) is 0.235. The van der Waals surface area contributed by atoms with E-state index in [1.165, 1.54) is 4.57 Å². The predicted molar refractivity (Wildman–Crippen MR) is 161 cm³/mol. The molecule has 2 heterocycles. The Bertz CT molecular complexity index is 1640. The smallest absolute Gasteiger partial charge is 0.310 e. The second kappa shape index (κ2) is 13.8. The maximum absolute atomic E-state index is 13.8. The zero-order valence-corrected chi connectivity index (χ0v) is 23.6. The number of ketones is 1. The van der Waals surface area contributed by atoms with Gasteiger partial charge in [0.1, 0.15) is 18.2 Å². The number of nitrogens with one attached hydrogen (secondary N) is 1. The molecule has 2 atom stereocenters. The fourth-order valence-corrected chi connectivity index (χ4v) is 5.10. The highest BCUT2D eigenvalue weighted by molar-refractivity contribution is 6.00. The third-order valence-corrected chi connectivity index (χ3v) is 7.27. The molecule has 0 bridgehead atoms. The minimum absolute atomic E-state index is 0.0675. The van der Waals surface area contributed by atoms with Crippen LogP contribution >= 0.6 is 0 Å². The summed E-state index contributed by atoms with van der Waals surface area (Å²) in [5.41, 5.74) is 8.84. The maximum atomic E-state index is 13.8. The Labute approximate surface area is 249 Å². The zero-order valence-electron chi connectivity index (χ0n) is 23.6. The number of ether oxygens (including phenoxy) is 2. The number of amides is 1. The highest BCUT2D eigenvalue weighted by atomic mass is 16.7. The van der Waals surface area contributed by atoms with E-state index in [1.54, 1.807) is 6.07 Å². The first-order chi connectivity index (χ1) is 20.9. The Morgan fingerprint density at radius 2 is 1.49 bits per heavy atom. The Kier molecular flexibility index (Phi) is 9.43. The molecule has 1 amide bonds. The summed E-state index contributed by atoms with van der Waals surface area (Å²) in [7, 11) is 0. The van der Waals surface area contributed by atoms with E-state index in [0.29, 0.717) is 18.5 Å². The van der Waals surface area contributed by atoms with Crippen molar-refractivity contribution in [2.75, 3.05) is 5.73 Å². The van der Waals surface area contributed by atoms with Gasteiger partial charge in [0.15, 0.2) is 5.78 Å². The summed E-state index contributed by atoms with van der Waals surface area (Å²) in [5, 5.41) is 2.79. The monoisotopic (exact) mass is 579 g/mol. The van der Waals surface area contributed by atoms with Crippen molar-refractivity contribution in [3.05, 3.63) is 135 Å². The van der Waals surface area contributed by atoms with Gasteiger partial charge in [-0.15, -0.1) is 0 Å². The highest BCUT2D eigenvalue weighted by Gasteiger charge is 2.37. The van der Waals surface area contributed by atoms with Crippen LogP contribution in [0.15, 0.2) is 102 Å². The quantitative estimate of drug-likeness (QED) is 0.193. The van der Waals surface area contributed by atoms with Crippen LogP contribution in [0.1, 0.15) is 45.6 Å². The second-order valence-corrected chi connectivity index (χ2v) is 10.5. The molecule has 3 aromatic carbocycles. The first kappa shape index (κ1) is 29.5. The minimum Gasteiger partial charge on any atom is -0.433 e. The van der Waals surface area contributed by atoms with E-state index in [4.69, 9.17) is 15.2 Å². The standard InChI is InChI=1S/C34H33N3O6/c35-27-19-26(18-24-12-6-2-7-13-24)37(33(41)32(27)29(38)17-16-23-10-4-1-5-11-23)21-30(39)36-28-20-31(40)43-34(28)42-22-25-14-8-3-9-15-25/h1-15,19,28,34H,16-18,20-22,35H2,(H,36,39). The summed E-state index contributed by atoms with van der Waals surface area (Å²) in [5.74, 6) is -1.42. The summed E-state index contributed by atoms with van der Waals surface area (Å²) in [6, 6.07) is 29.2. The molecule has 1 fully saturated rings. The minimum atomic E-state index is -0.973. The van der Waals surface area contributed by atoms with Crippen LogP contribution in [0.5, 0.6) is 0 Å². The largest absolute Gasteiger partial charge is 0.433 e. The summed E-state index contributed by atoms with van der Waals surface area (Å²) in [4.78, 5) is 52.4. The van der Waals surface area contributed by atoms with Crippen LogP contribution in [0, 0.1) is 0 Å². The van der Waals surface area contributed by atoms with Gasteiger partial charge in [0.25, 0.3) is 5.56 Å². The van der Waals surface area contributed by atoms with Gasteiger partial charge in [0.05, 0.1) is 13.0 Å². The molecule has 1 saturated heterocycles. The number of aromatic nitrogens is 1. The van der Waals surface area contributed by atoms with Gasteiger partial charge in [-0.25, -0.2) is 0 Å². The molecule has 4 aromatic rings. The molecule has 0 saturated carbocycles. The third kappa shape index (κ3) is 7.64. The second-order valence-electron chi connectivity index (χ2n) is 10.5. The number of nitrogen functional groups attached to an aromatic ring is 1. The molecular formula is C34H33N3O6. The predicted octanol–water partition coefficient (Wildman–Crippen LogP) is 3.81. The molecule has 9 nitrogen and oxygen atoms in total. The lowest BCUT2D eigenvalue weighted by Gasteiger charge is -2.21. The number of benzene rings is 3. The molecule has 3 N–H and O–H groups in total. The average Bonchev–Trinajstić information content (AvgIpc) is 3.36. The van der Waals surface area contributed by atoms with Gasteiger partial charge in [0.2, 0.25) is 12.2 Å². The van der Waals surface area contributed by atoms with Crippen molar-refractivity contribution in [2.24, 2.45) is 0 Å². The number of hydrogen-bond acceptors (Lipinski definition) is 7. The molecular weight excluding hydrogens is 546 g/mol. The van der Waals surface area contributed by atoms with Gasteiger partial charge in [-0.05, 0) is 29.2 Å². The zero-order chi connectivity index (χ0) is 30.2. The normalized spacial score (nSPS) is 16.0. The van der Waals surface area contributed by atoms with Crippen LogP contribution in [0.3, 0.4) is 0 Å². The summed E-state index contributed by atoms with van der Waals surface area (Å²) in [6.07, 6.45) is -0.179. The fourth-order valence-electron chi connectivity index (χ4n) is 5.10. The molecule has 1 aromatic heterocycles. The average molecular weight is 580 g/mol.